The summed E-state index contributed by atoms with van der Waals surface area (Å²) in [5.41, 5.74) is -1.22. The second-order valence-corrected chi connectivity index (χ2v) is 4.01. The first-order valence-corrected chi connectivity index (χ1v) is 5.21. The van der Waals surface area contributed by atoms with Gasteiger partial charge in [0.1, 0.15) is 0 Å². The predicted octanol–water partition coefficient (Wildman–Crippen LogP) is 1.58. The Morgan fingerprint density at radius 1 is 1.26 bits per heavy atom. The fourth-order valence-corrected chi connectivity index (χ4v) is 1.90. The molecule has 0 bridgehead atoms. The Bertz CT molecular complexity index is 752. The van der Waals surface area contributed by atoms with Crippen LogP contribution < -0.4 is 5.43 Å². The highest BCUT2D eigenvalue weighted by Gasteiger charge is 2.19. The van der Waals surface area contributed by atoms with Crippen LogP contribution in [0.5, 0.6) is 0 Å². The Balaban J connectivity index is 2.92. The predicted molar refractivity (Wildman–Crippen MR) is 60.4 cm³/mol. The molecular formula is C12H8F3NO3. The molecule has 0 saturated heterocycles. The molecule has 100 valence electrons. The minimum Gasteiger partial charge on any atom is -0.481 e. The third-order valence-corrected chi connectivity index (χ3v) is 2.80. The van der Waals surface area contributed by atoms with Crippen molar-refractivity contribution in [2.75, 3.05) is 0 Å². The van der Waals surface area contributed by atoms with Crippen molar-refractivity contribution in [3.63, 3.8) is 0 Å². The molecule has 1 aromatic carbocycles. The molecule has 0 aliphatic heterocycles. The van der Waals surface area contributed by atoms with Crippen molar-refractivity contribution in [2.45, 2.75) is 6.42 Å². The fraction of sp³-hybridized carbons (Fsp3) is 0.167. The van der Waals surface area contributed by atoms with Crippen LogP contribution in [0.2, 0.25) is 0 Å². The minimum absolute atomic E-state index is 0.00471. The molecule has 0 amide bonds. The van der Waals surface area contributed by atoms with Crippen LogP contribution in [0, 0.1) is 17.5 Å². The summed E-state index contributed by atoms with van der Waals surface area (Å²) in [7, 11) is 1.28. The highest BCUT2D eigenvalue weighted by Crippen LogP contribution is 2.21. The number of carbonyl (C=O) groups is 1. The van der Waals surface area contributed by atoms with Gasteiger partial charge in [0.15, 0.2) is 22.9 Å². The van der Waals surface area contributed by atoms with Crippen LogP contribution in [0.15, 0.2) is 16.9 Å². The molecule has 1 aromatic heterocycles. The van der Waals surface area contributed by atoms with Gasteiger partial charge in [0, 0.05) is 18.8 Å². The molecule has 0 unspecified atom stereocenters. The second-order valence-electron chi connectivity index (χ2n) is 4.01. The Labute approximate surface area is 104 Å². The number of nitrogens with zero attached hydrogens (tertiary/aromatic N) is 1. The van der Waals surface area contributed by atoms with Crippen LogP contribution in [0.1, 0.15) is 5.69 Å². The van der Waals surface area contributed by atoms with Gasteiger partial charge in [0.2, 0.25) is 0 Å². The molecule has 4 nitrogen and oxygen atoms in total. The van der Waals surface area contributed by atoms with Gasteiger partial charge < -0.3 is 9.67 Å². The van der Waals surface area contributed by atoms with Crippen molar-refractivity contribution < 1.29 is 23.1 Å². The van der Waals surface area contributed by atoms with E-state index in [0.29, 0.717) is 6.07 Å². The van der Waals surface area contributed by atoms with Gasteiger partial charge in [0.25, 0.3) is 0 Å². The van der Waals surface area contributed by atoms with Crippen molar-refractivity contribution >= 4 is 16.9 Å². The van der Waals surface area contributed by atoms with Crippen LogP contribution >= 0.6 is 0 Å². The number of hydrogen-bond donors (Lipinski definition) is 1. The monoisotopic (exact) mass is 271 g/mol. The molecule has 2 aromatic rings. The molecule has 0 atom stereocenters. The molecule has 0 spiro atoms. The summed E-state index contributed by atoms with van der Waals surface area (Å²) in [6.07, 6.45) is -0.528. The molecule has 0 aliphatic rings. The number of aromatic nitrogens is 1. The average molecular weight is 271 g/mol. The number of aliphatic carboxylic acids is 1. The number of hydrogen-bond acceptors (Lipinski definition) is 2. The third-order valence-electron chi connectivity index (χ3n) is 2.80. The Morgan fingerprint density at radius 2 is 1.89 bits per heavy atom. The number of carboxylic acid groups (broad SMARTS) is 1. The molecule has 2 rings (SSSR count). The first-order chi connectivity index (χ1) is 8.82. The van der Waals surface area contributed by atoms with Gasteiger partial charge in [-0.1, -0.05) is 0 Å². The molecule has 19 heavy (non-hydrogen) atoms. The van der Waals surface area contributed by atoms with Gasteiger partial charge in [-0.25, -0.2) is 13.2 Å². The molecule has 0 aliphatic carbocycles. The Morgan fingerprint density at radius 3 is 2.47 bits per heavy atom. The summed E-state index contributed by atoms with van der Waals surface area (Å²) in [5, 5.41) is 8.34. The first kappa shape index (κ1) is 13.1. The van der Waals surface area contributed by atoms with Gasteiger partial charge >= 0.3 is 5.97 Å². The van der Waals surface area contributed by atoms with E-state index in [4.69, 9.17) is 5.11 Å². The summed E-state index contributed by atoms with van der Waals surface area (Å²) in [6.45, 7) is 0. The number of carboxylic acids is 1. The van der Waals surface area contributed by atoms with Gasteiger partial charge in [0.05, 0.1) is 17.3 Å². The maximum absolute atomic E-state index is 13.7. The summed E-state index contributed by atoms with van der Waals surface area (Å²) in [6, 6.07) is 1.56. The zero-order valence-electron chi connectivity index (χ0n) is 9.71. The highest BCUT2D eigenvalue weighted by molar-refractivity contribution is 5.81. The van der Waals surface area contributed by atoms with Crippen molar-refractivity contribution in [1.82, 2.24) is 4.57 Å². The van der Waals surface area contributed by atoms with E-state index in [-0.39, 0.29) is 11.1 Å². The van der Waals surface area contributed by atoms with Crippen LogP contribution in [0.4, 0.5) is 13.2 Å². The summed E-state index contributed by atoms with van der Waals surface area (Å²) in [4.78, 5) is 22.3. The fourth-order valence-electron chi connectivity index (χ4n) is 1.90. The summed E-state index contributed by atoms with van der Waals surface area (Å²) in [5.74, 6) is -5.90. The Hall–Kier alpha value is -2.31. The molecule has 0 saturated carbocycles. The van der Waals surface area contributed by atoms with E-state index in [0.717, 1.165) is 10.6 Å². The lowest BCUT2D eigenvalue weighted by Crippen LogP contribution is -2.16. The van der Waals surface area contributed by atoms with E-state index in [1.54, 1.807) is 0 Å². The maximum atomic E-state index is 13.7. The van der Waals surface area contributed by atoms with E-state index >= 15 is 0 Å². The lowest BCUT2D eigenvalue weighted by molar-refractivity contribution is -0.136. The topological polar surface area (TPSA) is 59.3 Å². The lowest BCUT2D eigenvalue weighted by Gasteiger charge is -2.12. The molecule has 0 fully saturated rings. The van der Waals surface area contributed by atoms with E-state index < -0.39 is 40.8 Å². The molecular weight excluding hydrogens is 263 g/mol. The number of halogens is 3. The molecule has 1 heterocycles. The molecule has 1 N–H and O–H groups in total. The van der Waals surface area contributed by atoms with Crippen molar-refractivity contribution in [3.05, 3.63) is 45.5 Å². The van der Waals surface area contributed by atoms with E-state index in [1.165, 1.54) is 7.05 Å². The number of fused-ring (bicyclic) bond motifs is 1. The number of aryl methyl sites for hydroxylation is 1. The number of pyridine rings is 1. The van der Waals surface area contributed by atoms with Gasteiger partial charge in [-0.05, 0) is 6.07 Å². The minimum atomic E-state index is -1.70. The largest absolute Gasteiger partial charge is 0.481 e. The third kappa shape index (κ3) is 2.07. The standard InChI is InChI=1S/C12H8F3NO3/c1-16-5(3-9(18)19)2-8(17)6-4-7(13)10(14)11(15)12(6)16/h2,4H,3H2,1H3,(H,18,19). The van der Waals surface area contributed by atoms with Crippen LogP contribution in [0.25, 0.3) is 10.9 Å². The number of benzene rings is 1. The van der Waals surface area contributed by atoms with Crippen LogP contribution in [0.3, 0.4) is 0 Å². The normalized spacial score (nSPS) is 10.9. The van der Waals surface area contributed by atoms with Crippen molar-refractivity contribution in [2.24, 2.45) is 7.05 Å². The maximum Gasteiger partial charge on any atom is 0.309 e. The van der Waals surface area contributed by atoms with Gasteiger partial charge in [-0.15, -0.1) is 0 Å². The highest BCUT2D eigenvalue weighted by atomic mass is 19.2. The quantitative estimate of drug-likeness (QED) is 0.844. The smallest absolute Gasteiger partial charge is 0.309 e. The van der Waals surface area contributed by atoms with E-state index in [9.17, 15) is 22.8 Å². The lowest BCUT2D eigenvalue weighted by atomic mass is 10.1. The second kappa shape index (κ2) is 4.42. The zero-order chi connectivity index (χ0) is 14.3. The first-order valence-electron chi connectivity index (χ1n) is 5.21. The van der Waals surface area contributed by atoms with Crippen LogP contribution in [-0.2, 0) is 18.3 Å². The number of rotatable bonds is 2. The SMILES string of the molecule is Cn1c(CC(=O)O)cc(=O)c2cc(F)c(F)c(F)c21. The van der Waals surface area contributed by atoms with Crippen molar-refractivity contribution in [3.8, 4) is 0 Å². The van der Waals surface area contributed by atoms with Gasteiger partial charge in [-0.2, -0.15) is 0 Å². The van der Waals surface area contributed by atoms with Crippen molar-refractivity contribution in [1.29, 1.82) is 0 Å². The van der Waals surface area contributed by atoms with E-state index in [1.807, 2.05) is 0 Å². The molecule has 0 radical (unpaired) electrons. The average Bonchev–Trinajstić information content (AvgIpc) is 2.32. The van der Waals surface area contributed by atoms with Crippen LogP contribution in [-0.4, -0.2) is 15.6 Å². The Kier molecular flexibility index (Phi) is 3.05. The summed E-state index contributed by atoms with van der Waals surface area (Å²) >= 11 is 0. The zero-order valence-corrected chi connectivity index (χ0v) is 9.71. The summed E-state index contributed by atoms with van der Waals surface area (Å²) < 4.78 is 41.0. The van der Waals surface area contributed by atoms with E-state index in [2.05, 4.69) is 0 Å². The van der Waals surface area contributed by atoms with Gasteiger partial charge in [-0.3, -0.25) is 9.59 Å². The molecule has 7 heteroatoms.